The minimum atomic E-state index is -1.14. The van der Waals surface area contributed by atoms with E-state index in [1.807, 2.05) is 26.8 Å². The van der Waals surface area contributed by atoms with Gasteiger partial charge in [0.25, 0.3) is 0 Å². The van der Waals surface area contributed by atoms with Gasteiger partial charge in [0.2, 0.25) is 0 Å². The van der Waals surface area contributed by atoms with E-state index in [1.165, 1.54) is 6.07 Å². The number of H-pyrrole nitrogens is 1. The van der Waals surface area contributed by atoms with E-state index >= 15 is 0 Å². The molecule has 1 heterocycles. The van der Waals surface area contributed by atoms with Gasteiger partial charge >= 0.3 is 5.97 Å². The van der Waals surface area contributed by atoms with Crippen LogP contribution in [0.15, 0.2) is 6.07 Å². The predicted molar refractivity (Wildman–Crippen MR) is 62.0 cm³/mol. The average Bonchev–Trinajstić information content (AvgIpc) is 2.14. The molecule has 0 aliphatic rings. The van der Waals surface area contributed by atoms with Crippen molar-refractivity contribution in [1.29, 1.82) is 5.26 Å². The Bertz CT molecular complexity index is 532. The second-order valence-electron chi connectivity index (χ2n) is 4.47. The van der Waals surface area contributed by atoms with Gasteiger partial charge in [-0.2, -0.15) is 5.26 Å². The summed E-state index contributed by atoms with van der Waals surface area (Å²) in [6, 6.07) is 3.28. The molecule has 1 aromatic rings. The van der Waals surface area contributed by atoms with Crippen LogP contribution >= 0.6 is 12.2 Å². The predicted octanol–water partition coefficient (Wildman–Crippen LogP) is 2.61. The van der Waals surface area contributed by atoms with Crippen LogP contribution in [0.1, 0.15) is 42.4 Å². The maximum atomic E-state index is 11.0. The van der Waals surface area contributed by atoms with Crippen LogP contribution in [0.3, 0.4) is 0 Å². The molecule has 0 saturated heterocycles. The summed E-state index contributed by atoms with van der Waals surface area (Å²) in [4.78, 5) is 13.9. The smallest absolute Gasteiger partial charge is 0.337 e. The van der Waals surface area contributed by atoms with E-state index in [9.17, 15) is 4.79 Å². The number of aromatic carboxylic acids is 1. The third-order valence-corrected chi connectivity index (χ3v) is 2.49. The van der Waals surface area contributed by atoms with Gasteiger partial charge in [-0.3, -0.25) is 0 Å². The van der Waals surface area contributed by atoms with Crippen molar-refractivity contribution in [3.63, 3.8) is 0 Å². The fourth-order valence-electron chi connectivity index (χ4n) is 1.24. The summed E-state index contributed by atoms with van der Waals surface area (Å²) >= 11 is 4.97. The first-order chi connectivity index (χ1) is 7.27. The summed E-state index contributed by atoms with van der Waals surface area (Å²) in [5, 5.41) is 17.8. The van der Waals surface area contributed by atoms with E-state index in [2.05, 4.69) is 4.98 Å². The van der Waals surface area contributed by atoms with Crippen molar-refractivity contribution >= 4 is 18.2 Å². The highest BCUT2D eigenvalue weighted by Gasteiger charge is 2.20. The number of carbonyl (C=O) groups is 1. The number of nitriles is 1. The van der Waals surface area contributed by atoms with E-state index in [-0.39, 0.29) is 21.2 Å². The number of aromatic amines is 1. The highest BCUT2D eigenvalue weighted by Crippen LogP contribution is 2.22. The van der Waals surface area contributed by atoms with Gasteiger partial charge in [-0.1, -0.05) is 33.0 Å². The Kier molecular flexibility index (Phi) is 3.15. The second-order valence-corrected chi connectivity index (χ2v) is 4.88. The topological polar surface area (TPSA) is 76.9 Å². The van der Waals surface area contributed by atoms with Gasteiger partial charge in [0.1, 0.15) is 16.3 Å². The molecule has 5 heteroatoms. The Morgan fingerprint density at radius 2 is 2.12 bits per heavy atom. The zero-order valence-corrected chi connectivity index (χ0v) is 10.1. The van der Waals surface area contributed by atoms with E-state index in [0.717, 1.165) is 0 Å². The molecule has 84 valence electrons. The van der Waals surface area contributed by atoms with Crippen molar-refractivity contribution in [1.82, 2.24) is 4.98 Å². The zero-order chi connectivity index (χ0) is 12.5. The summed E-state index contributed by atoms with van der Waals surface area (Å²) in [6.07, 6.45) is 0. The van der Waals surface area contributed by atoms with Crippen LogP contribution in [-0.4, -0.2) is 16.1 Å². The molecule has 0 fully saturated rings. The largest absolute Gasteiger partial charge is 0.478 e. The van der Waals surface area contributed by atoms with E-state index < -0.39 is 5.97 Å². The first-order valence-corrected chi connectivity index (χ1v) is 5.09. The Labute approximate surface area is 98.5 Å². The van der Waals surface area contributed by atoms with Crippen LogP contribution in [0.4, 0.5) is 0 Å². The number of aromatic nitrogens is 1. The van der Waals surface area contributed by atoms with E-state index in [1.54, 1.807) is 0 Å². The van der Waals surface area contributed by atoms with Crippen LogP contribution in [0, 0.1) is 16.0 Å². The maximum absolute atomic E-state index is 11.0. The van der Waals surface area contributed by atoms with Crippen LogP contribution < -0.4 is 0 Å². The molecule has 4 nitrogen and oxygen atoms in total. The lowest BCUT2D eigenvalue weighted by Crippen LogP contribution is -2.16. The molecule has 0 atom stereocenters. The molecule has 0 amide bonds. The van der Waals surface area contributed by atoms with Gasteiger partial charge < -0.3 is 10.1 Å². The van der Waals surface area contributed by atoms with Crippen LogP contribution in [-0.2, 0) is 5.41 Å². The molecule has 2 N–H and O–H groups in total. The standard InChI is InChI=1S/C11H12N2O2S/c1-11(2,3)8-4-6(10(14)15)7(5-12)9(16)13-8/h4H,1-3H3,(H,13,16)(H,14,15). The Balaban J connectivity index is 3.61. The lowest BCUT2D eigenvalue weighted by atomic mass is 9.90. The number of hydrogen-bond donors (Lipinski definition) is 2. The molecule has 0 saturated carbocycles. The number of rotatable bonds is 1. The molecule has 0 aromatic carbocycles. The van der Waals surface area contributed by atoms with Gasteiger partial charge in [-0.15, -0.1) is 0 Å². The van der Waals surface area contributed by atoms with E-state index in [4.69, 9.17) is 22.6 Å². The molecule has 0 unspecified atom stereocenters. The summed E-state index contributed by atoms with van der Waals surface area (Å²) < 4.78 is 0.173. The average molecular weight is 236 g/mol. The maximum Gasteiger partial charge on any atom is 0.337 e. The summed E-state index contributed by atoms with van der Waals surface area (Å²) in [6.45, 7) is 5.81. The van der Waals surface area contributed by atoms with Gasteiger partial charge in [-0.25, -0.2) is 4.79 Å². The van der Waals surface area contributed by atoms with Crippen molar-refractivity contribution in [2.75, 3.05) is 0 Å². The lowest BCUT2D eigenvalue weighted by Gasteiger charge is -2.19. The number of carboxylic acid groups (broad SMARTS) is 1. The summed E-state index contributed by atoms with van der Waals surface area (Å²) in [7, 11) is 0. The van der Waals surface area contributed by atoms with Crippen molar-refractivity contribution in [3.8, 4) is 6.07 Å². The highest BCUT2D eigenvalue weighted by molar-refractivity contribution is 7.71. The minimum absolute atomic E-state index is 0.00972. The molecule has 1 aromatic heterocycles. The van der Waals surface area contributed by atoms with Crippen molar-refractivity contribution < 1.29 is 9.90 Å². The third kappa shape index (κ3) is 2.28. The van der Waals surface area contributed by atoms with Gasteiger partial charge in [0, 0.05) is 11.1 Å². The molecule has 0 bridgehead atoms. The molecule has 0 aliphatic carbocycles. The fourth-order valence-corrected chi connectivity index (χ4v) is 1.51. The molecular formula is C11H12N2O2S. The number of carboxylic acids is 1. The molecular weight excluding hydrogens is 224 g/mol. The van der Waals surface area contributed by atoms with Gasteiger partial charge in [0.05, 0.1) is 5.56 Å². The molecule has 1 rings (SSSR count). The van der Waals surface area contributed by atoms with Crippen LogP contribution in [0.25, 0.3) is 0 Å². The van der Waals surface area contributed by atoms with Gasteiger partial charge in [-0.05, 0) is 6.07 Å². The first-order valence-electron chi connectivity index (χ1n) is 4.68. The van der Waals surface area contributed by atoms with Crippen molar-refractivity contribution in [2.45, 2.75) is 26.2 Å². The number of hydrogen-bond acceptors (Lipinski definition) is 3. The molecule has 16 heavy (non-hydrogen) atoms. The highest BCUT2D eigenvalue weighted by atomic mass is 32.1. The number of pyridine rings is 1. The molecule has 0 aliphatic heterocycles. The number of nitrogens with zero attached hydrogens (tertiary/aromatic N) is 1. The third-order valence-electron chi connectivity index (χ3n) is 2.18. The fraction of sp³-hybridized carbons (Fsp3) is 0.364. The zero-order valence-electron chi connectivity index (χ0n) is 9.29. The quantitative estimate of drug-likeness (QED) is 0.735. The van der Waals surface area contributed by atoms with E-state index in [0.29, 0.717) is 5.69 Å². The summed E-state index contributed by atoms with van der Waals surface area (Å²) in [5.41, 5.74) is 0.423. The summed E-state index contributed by atoms with van der Waals surface area (Å²) in [5.74, 6) is -1.14. The molecule has 0 radical (unpaired) electrons. The van der Waals surface area contributed by atoms with Gasteiger partial charge in [0.15, 0.2) is 0 Å². The minimum Gasteiger partial charge on any atom is -0.478 e. The van der Waals surface area contributed by atoms with Crippen molar-refractivity contribution in [2.24, 2.45) is 0 Å². The second kappa shape index (κ2) is 4.06. The Morgan fingerprint density at radius 3 is 2.50 bits per heavy atom. The number of nitrogens with one attached hydrogen (secondary N) is 1. The Morgan fingerprint density at radius 1 is 1.56 bits per heavy atom. The monoisotopic (exact) mass is 236 g/mol. The van der Waals surface area contributed by atoms with Crippen LogP contribution in [0.2, 0.25) is 0 Å². The normalized spacial score (nSPS) is 10.9. The lowest BCUT2D eigenvalue weighted by molar-refractivity contribution is 0.0696. The first kappa shape index (κ1) is 12.4. The molecule has 0 spiro atoms. The Hall–Kier alpha value is -1.67. The van der Waals surface area contributed by atoms with Crippen LogP contribution in [0.5, 0.6) is 0 Å². The van der Waals surface area contributed by atoms with Crippen molar-refractivity contribution in [3.05, 3.63) is 27.5 Å². The SMILES string of the molecule is CC(C)(C)c1cc(C(=O)O)c(C#N)c(=S)[nH]1.